The molecule has 1 aliphatic rings. The van der Waals surface area contributed by atoms with Crippen molar-refractivity contribution in [3.05, 3.63) is 34.9 Å². The summed E-state index contributed by atoms with van der Waals surface area (Å²) in [7, 11) is 1.83. The molecule has 1 heterocycles. The first-order chi connectivity index (χ1) is 6.72. The molecule has 14 heavy (non-hydrogen) atoms. The molecule has 3 heteroatoms. The van der Waals surface area contributed by atoms with Gasteiger partial charge in [-0.3, -0.25) is 4.79 Å². The first kappa shape index (κ1) is 9.21. The van der Waals surface area contributed by atoms with E-state index in [1.807, 2.05) is 19.2 Å². The molecular weight excluding hydrogens is 176 g/mol. The molecule has 0 aromatic heterocycles. The highest BCUT2D eigenvalue weighted by Gasteiger charge is 2.21. The number of fused-ring (bicyclic) bond motifs is 1. The molecule has 1 amide bonds. The van der Waals surface area contributed by atoms with Crippen LogP contribution >= 0.6 is 0 Å². The fourth-order valence-electron chi connectivity index (χ4n) is 1.88. The van der Waals surface area contributed by atoms with Crippen molar-refractivity contribution >= 4 is 5.91 Å². The quantitative estimate of drug-likeness (QED) is 0.707. The lowest BCUT2D eigenvalue weighted by molar-refractivity contribution is -0.130. The van der Waals surface area contributed by atoms with Crippen LogP contribution in [0.3, 0.4) is 0 Å². The van der Waals surface area contributed by atoms with E-state index in [0.717, 1.165) is 11.1 Å². The van der Waals surface area contributed by atoms with Crippen molar-refractivity contribution in [2.45, 2.75) is 19.5 Å². The lowest BCUT2D eigenvalue weighted by Gasteiger charge is -2.26. The molecule has 1 aliphatic heterocycles. The predicted octanol–water partition coefficient (Wildman–Crippen LogP) is 0.660. The Bertz CT molecular complexity index is 374. The monoisotopic (exact) mass is 190 g/mol. The SMILES string of the molecule is CN1Cc2cccc(CN)c2CC1=O. The Morgan fingerprint density at radius 2 is 2.29 bits per heavy atom. The lowest BCUT2D eigenvalue weighted by Crippen LogP contribution is -2.33. The molecule has 1 aromatic rings. The molecule has 74 valence electrons. The van der Waals surface area contributed by atoms with Gasteiger partial charge in [0.05, 0.1) is 6.42 Å². The lowest BCUT2D eigenvalue weighted by atomic mass is 9.94. The topological polar surface area (TPSA) is 46.3 Å². The van der Waals surface area contributed by atoms with Crippen LogP contribution in [-0.4, -0.2) is 17.9 Å². The molecule has 0 spiro atoms. The second kappa shape index (κ2) is 3.42. The van der Waals surface area contributed by atoms with E-state index in [0.29, 0.717) is 19.5 Å². The Balaban J connectivity index is 2.46. The van der Waals surface area contributed by atoms with Crippen molar-refractivity contribution < 1.29 is 4.79 Å². The third-order valence-corrected chi connectivity index (χ3v) is 2.75. The van der Waals surface area contributed by atoms with E-state index in [4.69, 9.17) is 5.73 Å². The van der Waals surface area contributed by atoms with Gasteiger partial charge in [0.15, 0.2) is 0 Å². The van der Waals surface area contributed by atoms with E-state index < -0.39 is 0 Å². The van der Waals surface area contributed by atoms with Gasteiger partial charge in [-0.1, -0.05) is 18.2 Å². The summed E-state index contributed by atoms with van der Waals surface area (Å²) >= 11 is 0. The number of benzene rings is 1. The maximum atomic E-state index is 11.5. The van der Waals surface area contributed by atoms with E-state index in [2.05, 4.69) is 6.07 Å². The number of hydrogen-bond acceptors (Lipinski definition) is 2. The van der Waals surface area contributed by atoms with Gasteiger partial charge in [0.2, 0.25) is 5.91 Å². The number of nitrogens with zero attached hydrogens (tertiary/aromatic N) is 1. The van der Waals surface area contributed by atoms with E-state index in [1.165, 1.54) is 5.56 Å². The Morgan fingerprint density at radius 1 is 1.50 bits per heavy atom. The molecule has 0 aliphatic carbocycles. The van der Waals surface area contributed by atoms with Crippen LogP contribution in [0.2, 0.25) is 0 Å². The molecule has 0 radical (unpaired) electrons. The number of carbonyl (C=O) groups excluding carboxylic acids is 1. The highest BCUT2D eigenvalue weighted by atomic mass is 16.2. The summed E-state index contributed by atoms with van der Waals surface area (Å²) in [5.74, 6) is 0.179. The van der Waals surface area contributed by atoms with E-state index in [-0.39, 0.29) is 5.91 Å². The van der Waals surface area contributed by atoms with Crippen LogP contribution in [0.1, 0.15) is 16.7 Å². The zero-order chi connectivity index (χ0) is 10.1. The number of hydrogen-bond donors (Lipinski definition) is 1. The number of carbonyl (C=O) groups is 1. The Hall–Kier alpha value is -1.35. The molecule has 1 aromatic carbocycles. The summed E-state index contributed by atoms with van der Waals surface area (Å²) in [5, 5.41) is 0. The van der Waals surface area contributed by atoms with Gasteiger partial charge < -0.3 is 10.6 Å². The zero-order valence-electron chi connectivity index (χ0n) is 8.29. The van der Waals surface area contributed by atoms with Crippen LogP contribution in [-0.2, 0) is 24.3 Å². The first-order valence-electron chi connectivity index (χ1n) is 4.76. The second-order valence-electron chi connectivity index (χ2n) is 3.69. The van der Waals surface area contributed by atoms with Crippen molar-refractivity contribution in [3.8, 4) is 0 Å². The predicted molar refractivity (Wildman–Crippen MR) is 54.5 cm³/mol. The Labute approximate surface area is 83.5 Å². The third-order valence-electron chi connectivity index (χ3n) is 2.75. The van der Waals surface area contributed by atoms with Gasteiger partial charge in [-0.2, -0.15) is 0 Å². The smallest absolute Gasteiger partial charge is 0.227 e. The van der Waals surface area contributed by atoms with Crippen molar-refractivity contribution in [2.24, 2.45) is 5.73 Å². The normalized spacial score (nSPS) is 15.6. The molecular formula is C11H14N2O. The molecule has 0 unspecified atom stereocenters. The van der Waals surface area contributed by atoms with E-state index in [1.54, 1.807) is 4.90 Å². The summed E-state index contributed by atoms with van der Waals surface area (Å²) in [4.78, 5) is 13.3. The highest BCUT2D eigenvalue weighted by molar-refractivity contribution is 5.81. The molecule has 0 saturated carbocycles. The van der Waals surface area contributed by atoms with Crippen LogP contribution in [0, 0.1) is 0 Å². The van der Waals surface area contributed by atoms with Gasteiger partial charge in [-0.15, -0.1) is 0 Å². The van der Waals surface area contributed by atoms with Gasteiger partial charge in [0, 0.05) is 20.1 Å². The highest BCUT2D eigenvalue weighted by Crippen LogP contribution is 2.21. The summed E-state index contributed by atoms with van der Waals surface area (Å²) in [6.07, 6.45) is 0.499. The summed E-state index contributed by atoms with van der Waals surface area (Å²) in [6, 6.07) is 6.07. The molecule has 3 nitrogen and oxygen atoms in total. The van der Waals surface area contributed by atoms with Gasteiger partial charge in [-0.05, 0) is 16.7 Å². The first-order valence-corrected chi connectivity index (χ1v) is 4.76. The minimum atomic E-state index is 0.179. The van der Waals surface area contributed by atoms with Crippen molar-refractivity contribution in [2.75, 3.05) is 7.05 Å². The van der Waals surface area contributed by atoms with Gasteiger partial charge in [0.25, 0.3) is 0 Å². The standard InChI is InChI=1S/C11H14N2O/c1-13-7-9-4-2-3-8(6-12)10(9)5-11(13)14/h2-4H,5-7,12H2,1H3. The molecule has 0 bridgehead atoms. The fraction of sp³-hybridized carbons (Fsp3) is 0.364. The number of amides is 1. The van der Waals surface area contributed by atoms with Crippen molar-refractivity contribution in [3.63, 3.8) is 0 Å². The maximum Gasteiger partial charge on any atom is 0.227 e. The minimum Gasteiger partial charge on any atom is -0.341 e. The van der Waals surface area contributed by atoms with Gasteiger partial charge in [-0.25, -0.2) is 0 Å². The second-order valence-corrected chi connectivity index (χ2v) is 3.69. The van der Waals surface area contributed by atoms with Crippen molar-refractivity contribution in [1.29, 1.82) is 0 Å². The van der Waals surface area contributed by atoms with Crippen molar-refractivity contribution in [1.82, 2.24) is 4.90 Å². The van der Waals surface area contributed by atoms with Crippen LogP contribution in [0.4, 0.5) is 0 Å². The van der Waals surface area contributed by atoms with Crippen LogP contribution in [0.5, 0.6) is 0 Å². The van der Waals surface area contributed by atoms with Crippen LogP contribution in [0.15, 0.2) is 18.2 Å². The fourth-order valence-corrected chi connectivity index (χ4v) is 1.88. The largest absolute Gasteiger partial charge is 0.341 e. The van der Waals surface area contributed by atoms with Gasteiger partial charge >= 0.3 is 0 Å². The maximum absolute atomic E-state index is 11.5. The molecule has 0 atom stereocenters. The number of rotatable bonds is 1. The summed E-state index contributed by atoms with van der Waals surface area (Å²) < 4.78 is 0. The number of nitrogens with two attached hydrogens (primary N) is 1. The Kier molecular flexibility index (Phi) is 2.25. The van der Waals surface area contributed by atoms with E-state index in [9.17, 15) is 4.79 Å². The average molecular weight is 190 g/mol. The van der Waals surface area contributed by atoms with Crippen LogP contribution < -0.4 is 5.73 Å². The minimum absolute atomic E-state index is 0.179. The number of likely N-dealkylation sites (N-methyl/N-ethyl adjacent to an activating group) is 1. The molecule has 2 rings (SSSR count). The average Bonchev–Trinajstić information content (AvgIpc) is 2.19. The zero-order valence-corrected chi connectivity index (χ0v) is 8.29. The summed E-state index contributed by atoms with van der Waals surface area (Å²) in [6.45, 7) is 1.22. The summed E-state index contributed by atoms with van der Waals surface area (Å²) in [5.41, 5.74) is 9.10. The van der Waals surface area contributed by atoms with E-state index >= 15 is 0 Å². The molecule has 2 N–H and O–H groups in total. The molecule has 0 fully saturated rings. The van der Waals surface area contributed by atoms with Crippen LogP contribution in [0.25, 0.3) is 0 Å². The van der Waals surface area contributed by atoms with Gasteiger partial charge in [0.1, 0.15) is 0 Å². The molecule has 0 saturated heterocycles. The Morgan fingerprint density at radius 3 is 3.00 bits per heavy atom. The third kappa shape index (κ3) is 1.40.